The van der Waals surface area contributed by atoms with E-state index in [1.165, 1.54) is 57.8 Å². The topological polar surface area (TPSA) is 78.9 Å². The minimum absolute atomic E-state index is 0.105. The van der Waals surface area contributed by atoms with Crippen LogP contribution in [0.4, 0.5) is 0 Å². The zero-order chi connectivity index (χ0) is 55.7. The van der Waals surface area contributed by atoms with Crippen molar-refractivity contribution in [2.45, 2.75) is 232 Å². The smallest absolute Gasteiger partial charge is 0.309 e. The van der Waals surface area contributed by atoms with Gasteiger partial charge < -0.3 is 14.2 Å². The van der Waals surface area contributed by atoms with Crippen molar-refractivity contribution >= 4 is 17.9 Å². The molecule has 428 valence electrons. The number of esters is 3. The fraction of sp³-hybridized carbons (Fsp3) is 0.535. The molecule has 0 radical (unpaired) electrons. The molecule has 0 aliphatic carbocycles. The molecule has 77 heavy (non-hydrogen) atoms. The van der Waals surface area contributed by atoms with Crippen molar-refractivity contribution in [1.29, 1.82) is 0 Å². The average molecular weight is 1060 g/mol. The van der Waals surface area contributed by atoms with E-state index in [9.17, 15) is 14.4 Å². The normalized spacial score (nSPS) is 13.4. The Morgan fingerprint density at radius 3 is 0.883 bits per heavy atom. The minimum Gasteiger partial charge on any atom is -0.462 e. The van der Waals surface area contributed by atoms with E-state index < -0.39 is 18.0 Å². The molecule has 1 atom stereocenters. The van der Waals surface area contributed by atoms with E-state index in [1.54, 1.807) is 6.08 Å². The third-order valence-corrected chi connectivity index (χ3v) is 11.9. The van der Waals surface area contributed by atoms with Crippen LogP contribution in [0.15, 0.2) is 182 Å². The maximum Gasteiger partial charge on any atom is 0.309 e. The minimum atomic E-state index is -0.860. The van der Waals surface area contributed by atoms with Crippen LogP contribution < -0.4 is 0 Å². The Morgan fingerprint density at radius 1 is 0.273 bits per heavy atom. The van der Waals surface area contributed by atoms with Gasteiger partial charge in [0.15, 0.2) is 6.10 Å². The van der Waals surface area contributed by atoms with Crippen LogP contribution in [-0.2, 0) is 28.6 Å². The predicted molar refractivity (Wildman–Crippen MR) is 334 cm³/mol. The highest BCUT2D eigenvalue weighted by atomic mass is 16.6. The molecule has 0 heterocycles. The van der Waals surface area contributed by atoms with Crippen molar-refractivity contribution in [3.05, 3.63) is 182 Å². The lowest BCUT2D eigenvalue weighted by molar-refractivity contribution is -0.166. The number of hydrogen-bond donors (Lipinski definition) is 0. The van der Waals surface area contributed by atoms with Gasteiger partial charge in [-0.15, -0.1) is 0 Å². The number of ether oxygens (including phenoxy) is 3. The molecule has 6 heteroatoms. The van der Waals surface area contributed by atoms with Gasteiger partial charge in [0.2, 0.25) is 0 Å². The first-order chi connectivity index (χ1) is 38.0. The summed E-state index contributed by atoms with van der Waals surface area (Å²) in [4.78, 5) is 38.2. The van der Waals surface area contributed by atoms with E-state index in [4.69, 9.17) is 14.2 Å². The summed E-state index contributed by atoms with van der Waals surface area (Å²) in [5.74, 6) is -1.15. The van der Waals surface area contributed by atoms with Gasteiger partial charge in [-0.2, -0.15) is 0 Å². The summed E-state index contributed by atoms with van der Waals surface area (Å²) in [7, 11) is 0. The van der Waals surface area contributed by atoms with E-state index in [2.05, 4.69) is 191 Å². The van der Waals surface area contributed by atoms with Crippen molar-refractivity contribution in [2.75, 3.05) is 13.2 Å². The molecule has 0 aliphatic rings. The van der Waals surface area contributed by atoms with Crippen LogP contribution in [0, 0.1) is 0 Å². The lowest BCUT2D eigenvalue weighted by Gasteiger charge is -2.18. The number of carbonyl (C=O) groups is 3. The summed E-state index contributed by atoms with van der Waals surface area (Å²) in [6.07, 6.45) is 95.0. The molecule has 1 unspecified atom stereocenters. The van der Waals surface area contributed by atoms with Crippen molar-refractivity contribution in [2.24, 2.45) is 0 Å². The molecule has 0 saturated heterocycles. The molecule has 0 aliphatic heterocycles. The van der Waals surface area contributed by atoms with Crippen LogP contribution in [0.25, 0.3) is 0 Å². The number of carbonyl (C=O) groups excluding carboxylic acids is 3. The van der Waals surface area contributed by atoms with Crippen molar-refractivity contribution < 1.29 is 28.6 Å². The van der Waals surface area contributed by atoms with Crippen LogP contribution in [-0.4, -0.2) is 37.2 Å². The Labute approximate surface area is 472 Å². The Bertz CT molecular complexity index is 1840. The first kappa shape index (κ1) is 71.5. The predicted octanol–water partition coefficient (Wildman–Crippen LogP) is 20.9. The van der Waals surface area contributed by atoms with Gasteiger partial charge in [-0.05, 0) is 128 Å². The van der Waals surface area contributed by atoms with Crippen LogP contribution in [0.3, 0.4) is 0 Å². The third kappa shape index (κ3) is 61.2. The molecule has 0 saturated carbocycles. The summed E-state index contributed by atoms with van der Waals surface area (Å²) >= 11 is 0. The summed E-state index contributed by atoms with van der Waals surface area (Å²) in [6, 6.07) is 0. The van der Waals surface area contributed by atoms with Gasteiger partial charge in [0, 0.05) is 12.8 Å². The van der Waals surface area contributed by atoms with E-state index in [0.29, 0.717) is 12.8 Å². The van der Waals surface area contributed by atoms with Crippen LogP contribution in [0.1, 0.15) is 226 Å². The third-order valence-electron chi connectivity index (χ3n) is 11.9. The average Bonchev–Trinajstić information content (AvgIpc) is 3.43. The zero-order valence-electron chi connectivity index (χ0n) is 48.9. The molecule has 0 spiro atoms. The van der Waals surface area contributed by atoms with E-state index in [1.807, 2.05) is 6.08 Å². The van der Waals surface area contributed by atoms with Crippen molar-refractivity contribution in [1.82, 2.24) is 0 Å². The van der Waals surface area contributed by atoms with Gasteiger partial charge in [-0.1, -0.05) is 261 Å². The van der Waals surface area contributed by atoms with Gasteiger partial charge in [-0.25, -0.2) is 0 Å². The highest BCUT2D eigenvalue weighted by Gasteiger charge is 2.19. The summed E-state index contributed by atoms with van der Waals surface area (Å²) in [5, 5.41) is 0. The lowest BCUT2D eigenvalue weighted by atomic mass is 10.0. The molecule has 0 aromatic carbocycles. The molecule has 0 amide bonds. The largest absolute Gasteiger partial charge is 0.462 e. The van der Waals surface area contributed by atoms with Crippen LogP contribution in [0.2, 0.25) is 0 Å². The highest BCUT2D eigenvalue weighted by Crippen LogP contribution is 2.14. The maximum atomic E-state index is 12.8. The Kier molecular flexibility index (Phi) is 58.6. The second kappa shape index (κ2) is 63.0. The number of rotatable bonds is 52. The molecular weight excluding hydrogens is 949 g/mol. The number of allylic oxidation sites excluding steroid dienone is 29. The first-order valence-electron chi connectivity index (χ1n) is 30.3. The van der Waals surface area contributed by atoms with E-state index in [0.717, 1.165) is 122 Å². The number of unbranched alkanes of at least 4 members (excludes halogenated alkanes) is 12. The fourth-order valence-electron chi connectivity index (χ4n) is 7.52. The van der Waals surface area contributed by atoms with Gasteiger partial charge in [0.25, 0.3) is 0 Å². The number of hydrogen-bond acceptors (Lipinski definition) is 6. The Balaban J connectivity index is 4.50. The Hall–Kier alpha value is -5.49. The molecule has 0 bridgehead atoms. The molecule has 0 rings (SSSR count). The standard InChI is InChI=1S/C71H108O6/c1-4-7-10-13-16-19-22-25-28-30-31-32-33-34-35-36-37-38-39-41-43-46-49-52-55-58-61-64-70(73)76-67-68(66-75-69(72)63-60-57-54-51-48-45-42-27-24-21-18-15-12-9-6-3)77-71(74)65-62-59-56-53-50-47-44-40-29-26-23-20-17-14-11-8-5-2/h7-12,16-21,25-29,31-32,34-35,42,44,47-48,51,53,56-57,60,68H,4-6,13-15,22-24,30,33,36-41,43,45-46,49-50,52,54-55,58-59,61-67H2,1-3H3/b10-7-,11-8-,12-9-,19-16-,20-17-,21-18-,28-25-,29-26-,32-31-,35-34-,42-27-,47-44-,51-48-,56-53-,60-57-. The van der Waals surface area contributed by atoms with Gasteiger partial charge in [-0.3, -0.25) is 14.4 Å². The fourth-order valence-corrected chi connectivity index (χ4v) is 7.52. The summed E-state index contributed by atoms with van der Waals surface area (Å²) in [5.41, 5.74) is 0. The molecule has 6 nitrogen and oxygen atoms in total. The second-order valence-electron chi connectivity index (χ2n) is 19.1. The van der Waals surface area contributed by atoms with E-state index in [-0.39, 0.29) is 32.0 Å². The van der Waals surface area contributed by atoms with Crippen LogP contribution >= 0.6 is 0 Å². The molecule has 0 aromatic rings. The molecular formula is C71H108O6. The highest BCUT2D eigenvalue weighted by molar-refractivity contribution is 5.72. The van der Waals surface area contributed by atoms with Gasteiger partial charge in [0.1, 0.15) is 13.2 Å². The van der Waals surface area contributed by atoms with Crippen molar-refractivity contribution in [3.8, 4) is 0 Å². The summed E-state index contributed by atoms with van der Waals surface area (Å²) < 4.78 is 16.7. The summed E-state index contributed by atoms with van der Waals surface area (Å²) in [6.45, 7) is 6.14. The Morgan fingerprint density at radius 2 is 0.532 bits per heavy atom. The SMILES string of the molecule is CC/C=C\C/C=C\C/C=C\C/C=C\C/C=C\CCCCCCCCCCCCCC(=O)OCC(COC(=O)C/C=C\C/C=C\C/C=C\C/C=C\C/C=C\CC)OC(=O)CCC/C=C\C/C=C\C/C=C\C/C=C\C/C=C\CC. The first-order valence-corrected chi connectivity index (χ1v) is 30.3. The maximum absolute atomic E-state index is 12.8. The van der Waals surface area contributed by atoms with E-state index >= 15 is 0 Å². The van der Waals surface area contributed by atoms with Crippen molar-refractivity contribution in [3.63, 3.8) is 0 Å². The lowest BCUT2D eigenvalue weighted by Crippen LogP contribution is -2.30. The monoisotopic (exact) mass is 1060 g/mol. The van der Waals surface area contributed by atoms with Gasteiger partial charge >= 0.3 is 17.9 Å². The zero-order valence-corrected chi connectivity index (χ0v) is 48.9. The molecule has 0 fully saturated rings. The second-order valence-corrected chi connectivity index (χ2v) is 19.1. The molecule has 0 N–H and O–H groups in total. The van der Waals surface area contributed by atoms with Gasteiger partial charge in [0.05, 0.1) is 6.42 Å². The van der Waals surface area contributed by atoms with Crippen LogP contribution in [0.5, 0.6) is 0 Å². The quantitative estimate of drug-likeness (QED) is 0.0261. The molecule has 0 aromatic heterocycles.